The topological polar surface area (TPSA) is 67.8 Å². The second-order valence-electron chi connectivity index (χ2n) is 3.58. The largest absolute Gasteiger partial charge is 0.426 e. The molecule has 0 aliphatic carbocycles. The van der Waals surface area contributed by atoms with Gasteiger partial charge in [0.2, 0.25) is 0 Å². The number of nitrogens with zero attached hydrogens (tertiary/aromatic N) is 1. The molecule has 0 unspecified atom stereocenters. The Morgan fingerprint density at radius 3 is 2.83 bits per heavy atom. The number of hydrogen-bond acceptors (Lipinski definition) is 5. The molecule has 2 rings (SSSR count). The Bertz CT molecular complexity index is 514. The maximum absolute atomic E-state index is 12.0. The van der Waals surface area contributed by atoms with Crippen molar-refractivity contribution in [2.24, 2.45) is 4.99 Å². The Morgan fingerprint density at radius 1 is 1.39 bits per heavy atom. The first-order valence-electron chi connectivity index (χ1n) is 5.43. The van der Waals surface area contributed by atoms with Crippen LogP contribution >= 0.6 is 11.8 Å². The van der Waals surface area contributed by atoms with Gasteiger partial charge in [-0.25, -0.2) is 0 Å². The zero-order valence-corrected chi connectivity index (χ0v) is 10.6. The van der Waals surface area contributed by atoms with Crippen LogP contribution in [-0.2, 0) is 4.79 Å². The molecule has 1 aliphatic rings. The van der Waals surface area contributed by atoms with Crippen molar-refractivity contribution in [1.82, 2.24) is 5.32 Å². The van der Waals surface area contributed by atoms with Crippen molar-refractivity contribution in [2.75, 3.05) is 12.3 Å². The van der Waals surface area contributed by atoms with Crippen molar-refractivity contribution in [3.8, 4) is 5.75 Å². The van der Waals surface area contributed by atoms with Gasteiger partial charge in [0.1, 0.15) is 5.75 Å². The van der Waals surface area contributed by atoms with Gasteiger partial charge in [0.15, 0.2) is 5.17 Å². The van der Waals surface area contributed by atoms with E-state index in [-0.39, 0.29) is 11.7 Å². The Labute approximate surface area is 109 Å². The number of nitrogens with one attached hydrogen (secondary N) is 1. The molecule has 6 heteroatoms. The maximum Gasteiger partial charge on any atom is 0.308 e. The minimum Gasteiger partial charge on any atom is -0.426 e. The molecular weight excluding hydrogens is 252 g/mol. The number of hydrogen-bond donors (Lipinski definition) is 1. The molecule has 0 radical (unpaired) electrons. The number of carbonyl (C=O) groups excluding carboxylic acids is 2. The molecule has 1 N–H and O–H groups in total. The van der Waals surface area contributed by atoms with Gasteiger partial charge in [-0.05, 0) is 12.1 Å². The highest BCUT2D eigenvalue weighted by atomic mass is 32.2. The van der Waals surface area contributed by atoms with E-state index >= 15 is 0 Å². The quantitative estimate of drug-likeness (QED) is 0.648. The van der Waals surface area contributed by atoms with E-state index in [1.807, 2.05) is 0 Å². The first-order chi connectivity index (χ1) is 8.66. The molecule has 94 valence electrons. The summed E-state index contributed by atoms with van der Waals surface area (Å²) in [4.78, 5) is 27.1. The Morgan fingerprint density at radius 2 is 2.17 bits per heavy atom. The summed E-state index contributed by atoms with van der Waals surface area (Å²) in [7, 11) is 0. The highest BCUT2D eigenvalue weighted by Gasteiger charge is 2.16. The van der Waals surface area contributed by atoms with Gasteiger partial charge in [-0.15, -0.1) is 0 Å². The number of aliphatic imine (C=N–C) groups is 1. The predicted molar refractivity (Wildman–Crippen MR) is 70.0 cm³/mol. The maximum atomic E-state index is 12.0. The number of ether oxygens (including phenoxy) is 1. The molecule has 5 nitrogen and oxygen atoms in total. The fraction of sp³-hybridized carbons (Fsp3) is 0.250. The van der Waals surface area contributed by atoms with Gasteiger partial charge in [0.05, 0.1) is 12.1 Å². The van der Waals surface area contributed by atoms with E-state index < -0.39 is 5.97 Å². The van der Waals surface area contributed by atoms with Gasteiger partial charge >= 0.3 is 5.97 Å². The van der Waals surface area contributed by atoms with Crippen LogP contribution < -0.4 is 10.1 Å². The average molecular weight is 264 g/mol. The van der Waals surface area contributed by atoms with Crippen LogP contribution in [0.3, 0.4) is 0 Å². The Hall–Kier alpha value is -1.82. The smallest absolute Gasteiger partial charge is 0.308 e. The van der Waals surface area contributed by atoms with Crippen molar-refractivity contribution in [2.45, 2.75) is 6.92 Å². The number of amides is 1. The summed E-state index contributed by atoms with van der Waals surface area (Å²) in [5, 5.41) is 3.30. The van der Waals surface area contributed by atoms with Crippen molar-refractivity contribution in [3.05, 3.63) is 29.8 Å². The third-order valence-corrected chi connectivity index (χ3v) is 3.08. The summed E-state index contributed by atoms with van der Waals surface area (Å²) < 4.78 is 4.98. The van der Waals surface area contributed by atoms with Crippen LogP contribution in [0.25, 0.3) is 0 Å². The van der Waals surface area contributed by atoms with Gasteiger partial charge in [0.25, 0.3) is 5.91 Å². The van der Waals surface area contributed by atoms with E-state index in [0.29, 0.717) is 17.3 Å². The lowest BCUT2D eigenvalue weighted by Gasteiger charge is -2.08. The van der Waals surface area contributed by atoms with Crippen LogP contribution in [0, 0.1) is 0 Å². The van der Waals surface area contributed by atoms with Gasteiger partial charge in [-0.2, -0.15) is 0 Å². The average Bonchev–Trinajstić information content (AvgIpc) is 2.81. The normalized spacial score (nSPS) is 13.9. The van der Waals surface area contributed by atoms with E-state index in [1.54, 1.807) is 24.3 Å². The molecule has 1 aliphatic heterocycles. The summed E-state index contributed by atoms with van der Waals surface area (Å²) in [5.41, 5.74) is 0.322. The van der Waals surface area contributed by atoms with E-state index in [4.69, 9.17) is 4.74 Å². The molecule has 18 heavy (non-hydrogen) atoms. The number of thioether (sulfide) groups is 1. The number of amidine groups is 1. The van der Waals surface area contributed by atoms with E-state index in [9.17, 15) is 9.59 Å². The van der Waals surface area contributed by atoms with Crippen LogP contribution in [-0.4, -0.2) is 29.3 Å². The number of para-hydroxylation sites is 1. The van der Waals surface area contributed by atoms with Crippen molar-refractivity contribution < 1.29 is 14.3 Å². The minimum absolute atomic E-state index is 0.256. The van der Waals surface area contributed by atoms with Crippen molar-refractivity contribution >= 4 is 28.8 Å². The predicted octanol–water partition coefficient (Wildman–Crippen LogP) is 1.44. The van der Waals surface area contributed by atoms with Crippen molar-refractivity contribution in [1.29, 1.82) is 0 Å². The highest BCUT2D eigenvalue weighted by Crippen LogP contribution is 2.19. The van der Waals surface area contributed by atoms with Gasteiger partial charge in [-0.3, -0.25) is 14.6 Å². The molecule has 1 aromatic rings. The van der Waals surface area contributed by atoms with Gasteiger partial charge < -0.3 is 10.1 Å². The molecule has 0 fully saturated rings. The van der Waals surface area contributed by atoms with E-state index in [1.165, 1.54) is 18.7 Å². The molecule has 0 aromatic heterocycles. The monoisotopic (exact) mass is 264 g/mol. The summed E-state index contributed by atoms with van der Waals surface area (Å²) in [6, 6.07) is 6.61. The highest BCUT2D eigenvalue weighted by molar-refractivity contribution is 8.14. The Kier molecular flexibility index (Phi) is 3.99. The fourth-order valence-corrected chi connectivity index (χ4v) is 2.20. The second-order valence-corrected chi connectivity index (χ2v) is 4.66. The van der Waals surface area contributed by atoms with Crippen LogP contribution in [0.15, 0.2) is 29.3 Å². The fourth-order valence-electron chi connectivity index (χ4n) is 1.47. The van der Waals surface area contributed by atoms with Gasteiger partial charge in [0, 0.05) is 12.7 Å². The number of esters is 1. The molecular formula is C12H12N2O3S. The van der Waals surface area contributed by atoms with Crippen LogP contribution in [0.4, 0.5) is 0 Å². The number of benzene rings is 1. The lowest BCUT2D eigenvalue weighted by molar-refractivity contribution is -0.131. The minimum atomic E-state index is -0.456. The van der Waals surface area contributed by atoms with Crippen LogP contribution in [0.1, 0.15) is 17.3 Å². The van der Waals surface area contributed by atoms with E-state index in [0.717, 1.165) is 5.75 Å². The van der Waals surface area contributed by atoms with Crippen molar-refractivity contribution in [3.63, 3.8) is 0 Å². The molecule has 1 amide bonds. The zero-order valence-electron chi connectivity index (χ0n) is 9.80. The molecule has 1 heterocycles. The second kappa shape index (κ2) is 5.68. The molecule has 0 bridgehead atoms. The molecule has 0 saturated carbocycles. The lowest BCUT2D eigenvalue weighted by Crippen LogP contribution is -2.28. The summed E-state index contributed by atoms with van der Waals surface area (Å²) in [6.07, 6.45) is 0. The third kappa shape index (κ3) is 3.10. The molecule has 0 spiro atoms. The van der Waals surface area contributed by atoms with Crippen LogP contribution in [0.2, 0.25) is 0 Å². The molecule has 0 atom stereocenters. The first kappa shape index (κ1) is 12.6. The summed E-state index contributed by atoms with van der Waals surface area (Å²) >= 11 is 1.50. The first-order valence-corrected chi connectivity index (χ1v) is 6.41. The SMILES string of the molecule is CC(=O)Oc1ccccc1C(=O)NC1=NCCS1. The van der Waals surface area contributed by atoms with E-state index in [2.05, 4.69) is 10.3 Å². The summed E-state index contributed by atoms with van der Waals surface area (Å²) in [5.74, 6) is 0.357. The zero-order chi connectivity index (χ0) is 13.0. The standard InChI is InChI=1S/C12H12N2O3S/c1-8(15)17-10-5-3-2-4-9(10)11(16)14-12-13-6-7-18-12/h2-5H,6-7H2,1H3,(H,13,14,16). The summed E-state index contributed by atoms with van der Waals surface area (Å²) in [6.45, 7) is 2.01. The van der Waals surface area contributed by atoms with Crippen LogP contribution in [0.5, 0.6) is 5.75 Å². The Balaban J connectivity index is 2.16. The molecule has 0 saturated heterocycles. The molecule has 1 aromatic carbocycles. The lowest BCUT2D eigenvalue weighted by atomic mass is 10.2. The van der Waals surface area contributed by atoms with Gasteiger partial charge in [-0.1, -0.05) is 23.9 Å². The third-order valence-electron chi connectivity index (χ3n) is 2.19. The number of rotatable bonds is 2. The number of carbonyl (C=O) groups is 2.